The van der Waals surface area contributed by atoms with E-state index in [0.717, 1.165) is 16.9 Å². The van der Waals surface area contributed by atoms with Crippen LogP contribution in [0.25, 0.3) is 17.2 Å². The van der Waals surface area contributed by atoms with E-state index in [9.17, 15) is 4.79 Å². The maximum Gasteiger partial charge on any atom is 0.232 e. The van der Waals surface area contributed by atoms with Gasteiger partial charge in [0.05, 0.1) is 11.4 Å². The Morgan fingerprint density at radius 1 is 1.15 bits per heavy atom. The third-order valence-corrected chi connectivity index (χ3v) is 4.86. The average molecular weight is 367 g/mol. The van der Waals surface area contributed by atoms with Crippen LogP contribution in [-0.2, 0) is 4.79 Å². The lowest BCUT2D eigenvalue weighted by Crippen LogP contribution is -2.23. The molecule has 0 unspecified atom stereocenters. The Bertz CT molecular complexity index is 921. The first kappa shape index (κ1) is 18.1. The molecule has 0 aliphatic rings. The molecule has 3 aromatic rings. The minimum Gasteiger partial charge on any atom is -0.348 e. The number of hydrogen-bond donors (Lipinski definition) is 0. The molecule has 0 N–H and O–H groups in total. The fourth-order valence-electron chi connectivity index (χ4n) is 2.55. The Balaban J connectivity index is 2.08. The quantitative estimate of drug-likeness (QED) is 0.648. The predicted molar refractivity (Wildman–Crippen MR) is 103 cm³/mol. The summed E-state index contributed by atoms with van der Waals surface area (Å²) in [6, 6.07) is 11.9. The molecule has 6 nitrogen and oxygen atoms in total. The van der Waals surface area contributed by atoms with E-state index < -0.39 is 0 Å². The van der Waals surface area contributed by atoms with Crippen LogP contribution in [0.1, 0.15) is 11.1 Å². The first-order valence-electron chi connectivity index (χ1n) is 8.25. The third-order valence-electron chi connectivity index (χ3n) is 3.94. The van der Waals surface area contributed by atoms with E-state index in [2.05, 4.69) is 47.2 Å². The highest BCUT2D eigenvalue weighted by Gasteiger charge is 2.19. The molecular weight excluding hydrogens is 346 g/mol. The van der Waals surface area contributed by atoms with Gasteiger partial charge in [-0.25, -0.2) is 0 Å². The smallest absolute Gasteiger partial charge is 0.232 e. The summed E-state index contributed by atoms with van der Waals surface area (Å²) in [7, 11) is 3.49. The summed E-state index contributed by atoms with van der Waals surface area (Å²) in [5.74, 6) is 1.00. The molecule has 2 heterocycles. The first-order chi connectivity index (χ1) is 12.5. The zero-order valence-corrected chi connectivity index (χ0v) is 16.1. The summed E-state index contributed by atoms with van der Waals surface area (Å²) >= 11 is 1.38. The van der Waals surface area contributed by atoms with Gasteiger partial charge in [-0.15, -0.1) is 10.2 Å². The summed E-state index contributed by atoms with van der Waals surface area (Å²) in [5.41, 5.74) is 4.03. The van der Waals surface area contributed by atoms with Gasteiger partial charge in [0.15, 0.2) is 11.0 Å². The molecule has 0 aliphatic heterocycles. The predicted octanol–water partition coefficient (Wildman–Crippen LogP) is 3.13. The molecule has 0 saturated heterocycles. The van der Waals surface area contributed by atoms with Crippen molar-refractivity contribution in [3.05, 3.63) is 53.7 Å². The molecule has 1 amide bonds. The van der Waals surface area contributed by atoms with Crippen molar-refractivity contribution in [2.24, 2.45) is 0 Å². The summed E-state index contributed by atoms with van der Waals surface area (Å²) in [4.78, 5) is 18.0. The summed E-state index contributed by atoms with van der Waals surface area (Å²) < 4.78 is 1.98. The van der Waals surface area contributed by atoms with Gasteiger partial charge in [0, 0.05) is 20.3 Å². The summed E-state index contributed by atoms with van der Waals surface area (Å²) in [6.45, 7) is 4.12. The second-order valence-electron chi connectivity index (χ2n) is 6.22. The Hall–Kier alpha value is -2.67. The van der Waals surface area contributed by atoms with Crippen LogP contribution in [0, 0.1) is 13.8 Å². The molecule has 1 aromatic carbocycles. The lowest BCUT2D eigenvalue weighted by molar-refractivity contribution is -0.125. The van der Waals surface area contributed by atoms with Gasteiger partial charge in [-0.3, -0.25) is 14.3 Å². The number of rotatable bonds is 5. The maximum atomic E-state index is 12.0. The van der Waals surface area contributed by atoms with Crippen LogP contribution in [0.4, 0.5) is 0 Å². The van der Waals surface area contributed by atoms with E-state index in [-0.39, 0.29) is 5.91 Å². The number of carbonyl (C=O) groups is 1. The molecular formula is C19H21N5OS. The fourth-order valence-corrected chi connectivity index (χ4v) is 3.48. The van der Waals surface area contributed by atoms with Gasteiger partial charge in [-0.1, -0.05) is 35.5 Å². The number of hydrogen-bond acceptors (Lipinski definition) is 5. The van der Waals surface area contributed by atoms with Crippen LogP contribution in [0.3, 0.4) is 0 Å². The van der Waals surface area contributed by atoms with Crippen molar-refractivity contribution in [2.75, 3.05) is 19.8 Å². The van der Waals surface area contributed by atoms with Crippen molar-refractivity contribution in [2.45, 2.75) is 19.0 Å². The number of pyridine rings is 1. The lowest BCUT2D eigenvalue weighted by Gasteiger charge is -2.14. The van der Waals surface area contributed by atoms with Gasteiger partial charge in [-0.05, 0) is 37.6 Å². The van der Waals surface area contributed by atoms with Crippen molar-refractivity contribution in [3.8, 4) is 17.2 Å². The molecule has 0 radical (unpaired) electrons. The van der Waals surface area contributed by atoms with E-state index in [1.165, 1.54) is 17.3 Å². The van der Waals surface area contributed by atoms with Crippen LogP contribution >= 0.6 is 11.8 Å². The molecule has 0 bridgehead atoms. The normalized spacial score (nSPS) is 10.8. The molecule has 0 spiro atoms. The second-order valence-corrected chi connectivity index (χ2v) is 7.17. The van der Waals surface area contributed by atoms with E-state index in [1.807, 2.05) is 22.8 Å². The molecule has 26 heavy (non-hydrogen) atoms. The number of thioether (sulfide) groups is 1. The van der Waals surface area contributed by atoms with E-state index >= 15 is 0 Å². The number of nitrogens with zero attached hydrogens (tertiary/aromatic N) is 5. The van der Waals surface area contributed by atoms with Crippen LogP contribution in [-0.4, -0.2) is 50.4 Å². The van der Waals surface area contributed by atoms with Crippen molar-refractivity contribution >= 4 is 17.7 Å². The van der Waals surface area contributed by atoms with Crippen LogP contribution in [0.15, 0.2) is 47.8 Å². The van der Waals surface area contributed by atoms with Gasteiger partial charge in [0.25, 0.3) is 0 Å². The molecule has 3 rings (SSSR count). The Morgan fingerprint density at radius 2 is 1.96 bits per heavy atom. The molecule has 2 aromatic heterocycles. The van der Waals surface area contributed by atoms with Crippen LogP contribution < -0.4 is 0 Å². The lowest BCUT2D eigenvalue weighted by atomic mass is 10.1. The highest BCUT2D eigenvalue weighted by Crippen LogP contribution is 2.29. The topological polar surface area (TPSA) is 63.9 Å². The molecule has 0 aliphatic carbocycles. The Morgan fingerprint density at radius 3 is 2.62 bits per heavy atom. The zero-order valence-electron chi connectivity index (χ0n) is 15.3. The Labute approximate surface area is 157 Å². The monoisotopic (exact) mass is 367 g/mol. The molecule has 0 atom stereocenters. The second kappa shape index (κ2) is 7.70. The molecule has 134 valence electrons. The number of aryl methyl sites for hydroxylation is 2. The van der Waals surface area contributed by atoms with Crippen molar-refractivity contribution in [3.63, 3.8) is 0 Å². The summed E-state index contributed by atoms with van der Waals surface area (Å²) in [5, 5.41) is 9.36. The van der Waals surface area contributed by atoms with Gasteiger partial charge in [-0.2, -0.15) is 0 Å². The highest BCUT2D eigenvalue weighted by atomic mass is 32.2. The van der Waals surface area contributed by atoms with E-state index in [4.69, 9.17) is 0 Å². The minimum absolute atomic E-state index is 0.0320. The zero-order chi connectivity index (χ0) is 18.7. The van der Waals surface area contributed by atoms with Gasteiger partial charge in [0.1, 0.15) is 5.69 Å². The van der Waals surface area contributed by atoms with Gasteiger partial charge < -0.3 is 4.90 Å². The van der Waals surface area contributed by atoms with Crippen molar-refractivity contribution in [1.29, 1.82) is 0 Å². The maximum absolute atomic E-state index is 12.0. The van der Waals surface area contributed by atoms with Gasteiger partial charge >= 0.3 is 0 Å². The van der Waals surface area contributed by atoms with E-state index in [1.54, 1.807) is 25.2 Å². The molecule has 0 fully saturated rings. The number of carbonyl (C=O) groups excluding carboxylic acids is 1. The summed E-state index contributed by atoms with van der Waals surface area (Å²) in [6.07, 6.45) is 1.73. The number of aromatic nitrogens is 4. The standard InChI is InChI=1S/C19H21N5OS/c1-13-8-9-16(14(2)11-13)24-18(15-7-5-6-10-20-15)21-22-19(24)26-12-17(25)23(3)4/h5-11H,12H2,1-4H3. The fraction of sp³-hybridized carbons (Fsp3) is 0.263. The third kappa shape index (κ3) is 3.77. The van der Waals surface area contributed by atoms with Gasteiger partial charge in [0.2, 0.25) is 5.91 Å². The van der Waals surface area contributed by atoms with Crippen LogP contribution in [0.2, 0.25) is 0 Å². The average Bonchev–Trinajstić information content (AvgIpc) is 3.04. The van der Waals surface area contributed by atoms with E-state index in [0.29, 0.717) is 16.7 Å². The van der Waals surface area contributed by atoms with Crippen molar-refractivity contribution in [1.82, 2.24) is 24.6 Å². The Kier molecular flexibility index (Phi) is 5.37. The highest BCUT2D eigenvalue weighted by molar-refractivity contribution is 7.99. The number of amides is 1. The van der Waals surface area contributed by atoms with Crippen molar-refractivity contribution < 1.29 is 4.79 Å². The first-order valence-corrected chi connectivity index (χ1v) is 9.23. The largest absolute Gasteiger partial charge is 0.348 e. The SMILES string of the molecule is Cc1ccc(-n2c(SCC(=O)N(C)C)nnc2-c2ccccn2)c(C)c1. The van der Waals surface area contributed by atoms with Crippen LogP contribution in [0.5, 0.6) is 0 Å². The molecule has 7 heteroatoms. The number of benzene rings is 1. The molecule has 0 saturated carbocycles. The minimum atomic E-state index is 0.0320.